The maximum absolute atomic E-state index is 11.9. The molecule has 0 aliphatic rings. The fourth-order valence-corrected chi connectivity index (χ4v) is 3.01. The molecule has 0 bridgehead atoms. The second kappa shape index (κ2) is 5.75. The Morgan fingerprint density at radius 1 is 1.58 bits per heavy atom. The number of hydrogen-bond acceptors (Lipinski definition) is 4. The second-order valence-electron chi connectivity index (χ2n) is 4.46. The van der Waals surface area contributed by atoms with Crippen LogP contribution >= 0.6 is 22.9 Å². The van der Waals surface area contributed by atoms with Crippen LogP contribution in [0.1, 0.15) is 40.2 Å². The average molecular weight is 299 g/mol. The van der Waals surface area contributed by atoms with Gasteiger partial charge in [-0.05, 0) is 25.3 Å². The summed E-state index contributed by atoms with van der Waals surface area (Å²) in [6.45, 7) is 6.33. The number of carbonyl (C=O) groups excluding carboxylic acids is 1. The van der Waals surface area contributed by atoms with E-state index in [9.17, 15) is 4.79 Å². The molecule has 1 unspecified atom stereocenters. The molecular weight excluding hydrogens is 284 g/mol. The Labute approximate surface area is 120 Å². The first-order chi connectivity index (χ1) is 9.00. The largest absolute Gasteiger partial charge is 0.361 e. The summed E-state index contributed by atoms with van der Waals surface area (Å²) >= 11 is 7.28. The number of halogens is 1. The van der Waals surface area contributed by atoms with E-state index in [2.05, 4.69) is 10.5 Å². The van der Waals surface area contributed by atoms with Crippen molar-refractivity contribution in [2.45, 2.75) is 26.7 Å². The number of carbonyl (C=O) groups is 1. The van der Waals surface area contributed by atoms with Gasteiger partial charge in [-0.15, -0.1) is 11.3 Å². The first-order valence-corrected chi connectivity index (χ1v) is 7.20. The van der Waals surface area contributed by atoms with Crippen LogP contribution in [0.3, 0.4) is 0 Å². The molecule has 0 aliphatic carbocycles. The van der Waals surface area contributed by atoms with E-state index in [1.807, 2.05) is 20.8 Å². The summed E-state index contributed by atoms with van der Waals surface area (Å²) in [5.74, 6) is 0.797. The van der Waals surface area contributed by atoms with Gasteiger partial charge in [0.1, 0.15) is 10.1 Å². The summed E-state index contributed by atoms with van der Waals surface area (Å²) in [6, 6.07) is 1.73. The van der Waals surface area contributed by atoms with E-state index < -0.39 is 0 Å². The van der Waals surface area contributed by atoms with Gasteiger partial charge in [-0.2, -0.15) is 0 Å². The Bertz CT molecular complexity index is 572. The van der Waals surface area contributed by atoms with Gasteiger partial charge in [-0.3, -0.25) is 4.79 Å². The van der Waals surface area contributed by atoms with E-state index in [1.165, 1.54) is 11.3 Å². The van der Waals surface area contributed by atoms with Gasteiger partial charge >= 0.3 is 0 Å². The van der Waals surface area contributed by atoms with E-state index in [1.54, 1.807) is 11.4 Å². The number of aryl methyl sites for hydroxylation is 2. The van der Waals surface area contributed by atoms with Gasteiger partial charge in [0.2, 0.25) is 0 Å². The van der Waals surface area contributed by atoms with Crippen molar-refractivity contribution in [2.24, 2.45) is 0 Å². The highest BCUT2D eigenvalue weighted by Gasteiger charge is 2.18. The van der Waals surface area contributed by atoms with Crippen molar-refractivity contribution in [3.05, 3.63) is 38.4 Å². The van der Waals surface area contributed by atoms with Crippen LogP contribution in [0.5, 0.6) is 0 Å². The molecule has 0 saturated carbocycles. The smallest absolute Gasteiger partial charge is 0.253 e. The first-order valence-electron chi connectivity index (χ1n) is 5.94. The zero-order valence-electron chi connectivity index (χ0n) is 11.0. The number of nitrogens with zero attached hydrogens (tertiary/aromatic N) is 1. The minimum Gasteiger partial charge on any atom is -0.361 e. The van der Waals surface area contributed by atoms with E-state index in [0.717, 1.165) is 17.0 Å². The van der Waals surface area contributed by atoms with Gasteiger partial charge in [0, 0.05) is 18.0 Å². The molecule has 1 atom stereocenters. The third-order valence-corrected chi connectivity index (χ3v) is 4.18. The first kappa shape index (κ1) is 14.1. The molecule has 0 aromatic carbocycles. The summed E-state index contributed by atoms with van der Waals surface area (Å²) in [6.07, 6.45) is 0. The third kappa shape index (κ3) is 2.98. The summed E-state index contributed by atoms with van der Waals surface area (Å²) in [5.41, 5.74) is 2.45. The lowest BCUT2D eigenvalue weighted by Crippen LogP contribution is -2.27. The predicted molar refractivity (Wildman–Crippen MR) is 76.1 cm³/mol. The molecule has 0 spiro atoms. The van der Waals surface area contributed by atoms with Crippen molar-refractivity contribution in [3.63, 3.8) is 0 Å². The van der Waals surface area contributed by atoms with Crippen LogP contribution in [-0.2, 0) is 0 Å². The number of nitrogens with one attached hydrogen (secondary N) is 1. The van der Waals surface area contributed by atoms with Crippen molar-refractivity contribution >= 4 is 28.8 Å². The Kier molecular flexibility index (Phi) is 4.27. The maximum atomic E-state index is 11.9. The molecule has 6 heteroatoms. The van der Waals surface area contributed by atoms with Crippen molar-refractivity contribution in [1.82, 2.24) is 10.5 Å². The zero-order valence-corrected chi connectivity index (χ0v) is 12.6. The van der Waals surface area contributed by atoms with Crippen LogP contribution in [-0.4, -0.2) is 17.6 Å². The molecule has 1 N–H and O–H groups in total. The molecule has 2 heterocycles. The lowest BCUT2D eigenvalue weighted by Gasteiger charge is -2.12. The van der Waals surface area contributed by atoms with Crippen molar-refractivity contribution in [3.8, 4) is 0 Å². The van der Waals surface area contributed by atoms with Gasteiger partial charge in [-0.25, -0.2) is 0 Å². The van der Waals surface area contributed by atoms with Gasteiger partial charge in [0.15, 0.2) is 0 Å². The van der Waals surface area contributed by atoms with Crippen LogP contribution in [0.25, 0.3) is 0 Å². The highest BCUT2D eigenvalue weighted by atomic mass is 35.5. The average Bonchev–Trinajstić information content (AvgIpc) is 2.93. The zero-order chi connectivity index (χ0) is 14.0. The fourth-order valence-electron chi connectivity index (χ4n) is 2.09. The van der Waals surface area contributed by atoms with Crippen LogP contribution < -0.4 is 5.32 Å². The van der Waals surface area contributed by atoms with Gasteiger partial charge in [0.05, 0.1) is 11.3 Å². The Balaban J connectivity index is 2.00. The molecule has 0 saturated heterocycles. The molecule has 102 valence electrons. The van der Waals surface area contributed by atoms with E-state index in [0.29, 0.717) is 16.4 Å². The number of amides is 1. The number of thiophene rings is 1. The second-order valence-corrected chi connectivity index (χ2v) is 5.98. The van der Waals surface area contributed by atoms with Crippen molar-refractivity contribution in [2.75, 3.05) is 6.54 Å². The Morgan fingerprint density at radius 2 is 2.32 bits per heavy atom. The Hall–Kier alpha value is -1.33. The monoisotopic (exact) mass is 298 g/mol. The van der Waals surface area contributed by atoms with Crippen LogP contribution in [0.4, 0.5) is 0 Å². The SMILES string of the molecule is Cc1noc(C)c1C(C)CNC(=O)c1ccsc1Cl. The summed E-state index contributed by atoms with van der Waals surface area (Å²) in [5, 5.41) is 8.60. The number of rotatable bonds is 4. The molecule has 2 aromatic rings. The lowest BCUT2D eigenvalue weighted by molar-refractivity contribution is 0.0952. The predicted octanol–water partition coefficient (Wildman–Crippen LogP) is 3.54. The lowest BCUT2D eigenvalue weighted by atomic mass is 9.99. The topological polar surface area (TPSA) is 55.1 Å². The van der Waals surface area contributed by atoms with Crippen molar-refractivity contribution in [1.29, 1.82) is 0 Å². The standard InChI is InChI=1S/C13H15ClN2O2S/c1-7(11-8(2)16-18-9(11)3)6-15-13(17)10-4-5-19-12(10)14/h4-5,7H,6H2,1-3H3,(H,15,17). The molecule has 4 nitrogen and oxygen atoms in total. The molecule has 2 aromatic heterocycles. The molecule has 0 fully saturated rings. The summed E-state index contributed by atoms with van der Waals surface area (Å²) in [4.78, 5) is 11.9. The summed E-state index contributed by atoms with van der Waals surface area (Å²) in [7, 11) is 0. The van der Waals surface area contributed by atoms with E-state index in [-0.39, 0.29) is 11.8 Å². The van der Waals surface area contributed by atoms with Crippen LogP contribution in [0.2, 0.25) is 4.34 Å². The fraction of sp³-hybridized carbons (Fsp3) is 0.385. The highest BCUT2D eigenvalue weighted by molar-refractivity contribution is 7.14. The van der Waals surface area contributed by atoms with Crippen LogP contribution in [0.15, 0.2) is 16.0 Å². The maximum Gasteiger partial charge on any atom is 0.253 e. The number of aromatic nitrogens is 1. The molecule has 19 heavy (non-hydrogen) atoms. The van der Waals surface area contributed by atoms with E-state index in [4.69, 9.17) is 16.1 Å². The van der Waals surface area contributed by atoms with Crippen LogP contribution in [0, 0.1) is 13.8 Å². The normalized spacial score (nSPS) is 12.4. The minimum atomic E-state index is -0.148. The molecule has 1 amide bonds. The van der Waals surface area contributed by atoms with Gasteiger partial charge in [-0.1, -0.05) is 23.7 Å². The number of hydrogen-bond donors (Lipinski definition) is 1. The third-order valence-electron chi connectivity index (χ3n) is 3.01. The molecule has 0 radical (unpaired) electrons. The molecule has 2 rings (SSSR count). The Morgan fingerprint density at radius 3 is 2.84 bits per heavy atom. The molecule has 0 aliphatic heterocycles. The quantitative estimate of drug-likeness (QED) is 0.939. The van der Waals surface area contributed by atoms with Gasteiger partial charge in [0.25, 0.3) is 5.91 Å². The van der Waals surface area contributed by atoms with Crippen molar-refractivity contribution < 1.29 is 9.32 Å². The van der Waals surface area contributed by atoms with Gasteiger partial charge < -0.3 is 9.84 Å². The van der Waals surface area contributed by atoms with E-state index >= 15 is 0 Å². The summed E-state index contributed by atoms with van der Waals surface area (Å²) < 4.78 is 5.65. The highest BCUT2D eigenvalue weighted by Crippen LogP contribution is 2.24. The molecular formula is C13H15ClN2O2S. The minimum absolute atomic E-state index is 0.146.